The van der Waals surface area contributed by atoms with Crippen molar-refractivity contribution in [2.75, 3.05) is 17.6 Å². The van der Waals surface area contributed by atoms with Gasteiger partial charge in [0.2, 0.25) is 0 Å². The van der Waals surface area contributed by atoms with E-state index in [1.54, 1.807) is 18.2 Å². The maximum absolute atomic E-state index is 13.6. The first-order chi connectivity index (χ1) is 9.44. The molecule has 0 saturated carbocycles. The molecule has 2 aromatic rings. The number of benzene rings is 2. The zero-order valence-corrected chi connectivity index (χ0v) is 11.4. The minimum atomic E-state index is -4.08. The topological polar surface area (TPSA) is 81.4 Å². The van der Waals surface area contributed by atoms with Crippen LogP contribution >= 0.6 is 0 Å². The summed E-state index contributed by atoms with van der Waals surface area (Å²) < 4.78 is 45.3. The van der Waals surface area contributed by atoms with Crippen LogP contribution < -0.4 is 15.2 Å². The van der Waals surface area contributed by atoms with Gasteiger partial charge in [-0.2, -0.15) is 0 Å². The highest BCUT2D eigenvalue weighted by Crippen LogP contribution is 2.27. The normalized spacial score (nSPS) is 11.1. The third kappa shape index (κ3) is 2.83. The van der Waals surface area contributed by atoms with E-state index in [2.05, 4.69) is 4.72 Å². The molecule has 0 amide bonds. The lowest BCUT2D eigenvalue weighted by Gasteiger charge is -2.12. The molecule has 2 aromatic carbocycles. The minimum Gasteiger partial charge on any atom is -0.495 e. The van der Waals surface area contributed by atoms with E-state index < -0.39 is 20.7 Å². The highest BCUT2D eigenvalue weighted by atomic mass is 32.2. The largest absolute Gasteiger partial charge is 0.495 e. The molecule has 0 aliphatic rings. The number of sulfonamides is 1. The van der Waals surface area contributed by atoms with Crippen molar-refractivity contribution >= 4 is 21.4 Å². The lowest BCUT2D eigenvalue weighted by molar-refractivity contribution is 0.417. The summed E-state index contributed by atoms with van der Waals surface area (Å²) >= 11 is 0. The Balaban J connectivity index is 2.43. The molecule has 2 rings (SSSR count). The van der Waals surface area contributed by atoms with Gasteiger partial charge in [-0.3, -0.25) is 4.72 Å². The molecular weight excluding hydrogens is 283 g/mol. The summed E-state index contributed by atoms with van der Waals surface area (Å²) in [6.45, 7) is 0. The third-order valence-corrected chi connectivity index (χ3v) is 3.98. The highest BCUT2D eigenvalue weighted by Gasteiger charge is 2.20. The third-order valence-electron chi connectivity index (χ3n) is 2.60. The molecule has 20 heavy (non-hydrogen) atoms. The van der Waals surface area contributed by atoms with Gasteiger partial charge < -0.3 is 10.5 Å². The average Bonchev–Trinajstić information content (AvgIpc) is 2.41. The van der Waals surface area contributed by atoms with Crippen LogP contribution in [-0.4, -0.2) is 15.5 Å². The van der Waals surface area contributed by atoms with Crippen molar-refractivity contribution < 1.29 is 17.5 Å². The molecule has 106 valence electrons. The minimum absolute atomic E-state index is 0.159. The Morgan fingerprint density at radius 3 is 2.60 bits per heavy atom. The second-order valence-electron chi connectivity index (χ2n) is 4.00. The predicted octanol–water partition coefficient (Wildman–Crippen LogP) is 2.22. The molecule has 3 N–H and O–H groups in total. The summed E-state index contributed by atoms with van der Waals surface area (Å²) in [6, 6.07) is 9.79. The van der Waals surface area contributed by atoms with Crippen molar-refractivity contribution in [2.24, 2.45) is 0 Å². The number of anilines is 2. The number of hydrogen-bond donors (Lipinski definition) is 2. The molecular formula is C13H13FN2O3S. The molecule has 0 aromatic heterocycles. The summed E-state index contributed by atoms with van der Waals surface area (Å²) in [7, 11) is -2.67. The first kappa shape index (κ1) is 14.1. The van der Waals surface area contributed by atoms with Crippen LogP contribution in [0.4, 0.5) is 15.8 Å². The first-order valence-corrected chi connectivity index (χ1v) is 7.13. The highest BCUT2D eigenvalue weighted by molar-refractivity contribution is 7.92. The summed E-state index contributed by atoms with van der Waals surface area (Å²) in [4.78, 5) is -0.511. The standard InChI is InChI=1S/C13H13FN2O3S/c1-19-12-5-3-2-4-11(12)16-20(17,18)13-8-9(15)6-7-10(13)14/h2-8,16H,15H2,1H3. The Labute approximate surface area is 116 Å². The van der Waals surface area contributed by atoms with Gasteiger partial charge in [0.25, 0.3) is 10.0 Å². The number of nitrogen functional groups attached to an aromatic ring is 1. The van der Waals surface area contributed by atoms with Gasteiger partial charge in [-0.05, 0) is 30.3 Å². The van der Waals surface area contributed by atoms with Crippen LogP contribution in [0.3, 0.4) is 0 Å². The van der Waals surface area contributed by atoms with Crippen LogP contribution in [0.2, 0.25) is 0 Å². The van der Waals surface area contributed by atoms with E-state index in [4.69, 9.17) is 10.5 Å². The fourth-order valence-corrected chi connectivity index (χ4v) is 2.84. The van der Waals surface area contributed by atoms with Crippen molar-refractivity contribution in [2.45, 2.75) is 4.90 Å². The molecule has 0 bridgehead atoms. The molecule has 0 heterocycles. The van der Waals surface area contributed by atoms with Crippen LogP contribution in [0.25, 0.3) is 0 Å². The van der Waals surface area contributed by atoms with E-state index in [1.807, 2.05) is 0 Å². The SMILES string of the molecule is COc1ccccc1NS(=O)(=O)c1cc(N)ccc1F. The van der Waals surface area contributed by atoms with Gasteiger partial charge in [0.05, 0.1) is 12.8 Å². The summed E-state index contributed by atoms with van der Waals surface area (Å²) in [6.07, 6.45) is 0. The van der Waals surface area contributed by atoms with Crippen LogP contribution in [0.1, 0.15) is 0 Å². The second kappa shape index (κ2) is 5.38. The predicted molar refractivity (Wildman–Crippen MR) is 74.6 cm³/mol. The maximum atomic E-state index is 13.6. The zero-order chi connectivity index (χ0) is 14.8. The maximum Gasteiger partial charge on any atom is 0.265 e. The van der Waals surface area contributed by atoms with E-state index in [9.17, 15) is 12.8 Å². The van der Waals surface area contributed by atoms with Crippen molar-refractivity contribution in [3.05, 3.63) is 48.3 Å². The molecule has 0 atom stereocenters. The van der Waals surface area contributed by atoms with Gasteiger partial charge in [0.15, 0.2) is 0 Å². The van der Waals surface area contributed by atoms with E-state index in [0.29, 0.717) is 5.75 Å². The monoisotopic (exact) mass is 296 g/mol. The first-order valence-electron chi connectivity index (χ1n) is 5.65. The quantitative estimate of drug-likeness (QED) is 0.848. The van der Waals surface area contributed by atoms with Gasteiger partial charge in [0, 0.05) is 5.69 Å². The number of nitrogens with one attached hydrogen (secondary N) is 1. The smallest absolute Gasteiger partial charge is 0.265 e. The molecule has 5 nitrogen and oxygen atoms in total. The number of para-hydroxylation sites is 2. The van der Waals surface area contributed by atoms with Gasteiger partial charge in [0.1, 0.15) is 16.5 Å². The van der Waals surface area contributed by atoms with E-state index in [1.165, 1.54) is 19.2 Å². The number of methoxy groups -OCH3 is 1. The Hall–Kier alpha value is -2.28. The molecule has 0 unspecified atom stereocenters. The number of ether oxygens (including phenoxy) is 1. The van der Waals surface area contributed by atoms with E-state index in [-0.39, 0.29) is 11.4 Å². The molecule has 7 heteroatoms. The van der Waals surface area contributed by atoms with Crippen molar-refractivity contribution in [1.82, 2.24) is 0 Å². The summed E-state index contributed by atoms with van der Waals surface area (Å²) in [5.74, 6) is -0.540. The van der Waals surface area contributed by atoms with Crippen molar-refractivity contribution in [3.8, 4) is 5.75 Å². The van der Waals surface area contributed by atoms with Crippen LogP contribution in [0.5, 0.6) is 5.75 Å². The summed E-state index contributed by atoms with van der Waals surface area (Å²) in [5.41, 5.74) is 5.87. The number of nitrogens with two attached hydrogens (primary N) is 1. The second-order valence-corrected chi connectivity index (χ2v) is 5.65. The van der Waals surface area contributed by atoms with Crippen molar-refractivity contribution in [3.63, 3.8) is 0 Å². The Morgan fingerprint density at radius 2 is 1.90 bits per heavy atom. The van der Waals surface area contributed by atoms with Crippen LogP contribution in [-0.2, 0) is 10.0 Å². The van der Waals surface area contributed by atoms with Gasteiger partial charge in [-0.1, -0.05) is 12.1 Å². The number of hydrogen-bond acceptors (Lipinski definition) is 4. The molecule has 0 aliphatic carbocycles. The number of rotatable bonds is 4. The molecule has 0 fully saturated rings. The van der Waals surface area contributed by atoms with E-state index in [0.717, 1.165) is 12.1 Å². The Bertz CT molecular complexity index is 732. The van der Waals surface area contributed by atoms with Gasteiger partial charge in [-0.25, -0.2) is 12.8 Å². The fourth-order valence-electron chi connectivity index (χ4n) is 1.65. The van der Waals surface area contributed by atoms with Gasteiger partial charge >= 0.3 is 0 Å². The zero-order valence-electron chi connectivity index (χ0n) is 10.6. The number of halogens is 1. The molecule has 0 saturated heterocycles. The van der Waals surface area contributed by atoms with Gasteiger partial charge in [-0.15, -0.1) is 0 Å². The van der Waals surface area contributed by atoms with Crippen LogP contribution in [0.15, 0.2) is 47.4 Å². The van der Waals surface area contributed by atoms with Crippen LogP contribution in [0, 0.1) is 5.82 Å². The molecule has 0 aliphatic heterocycles. The molecule has 0 spiro atoms. The fraction of sp³-hybridized carbons (Fsp3) is 0.0769. The lowest BCUT2D eigenvalue weighted by atomic mass is 10.3. The van der Waals surface area contributed by atoms with Crippen molar-refractivity contribution in [1.29, 1.82) is 0 Å². The average molecular weight is 296 g/mol. The molecule has 0 radical (unpaired) electrons. The summed E-state index contributed by atoms with van der Waals surface area (Å²) in [5, 5.41) is 0. The Morgan fingerprint density at radius 1 is 1.20 bits per heavy atom. The van der Waals surface area contributed by atoms with E-state index >= 15 is 0 Å². The Kier molecular flexibility index (Phi) is 3.80. The lowest BCUT2D eigenvalue weighted by Crippen LogP contribution is -2.15.